The monoisotopic (exact) mass is 275 g/mol. The van der Waals surface area contributed by atoms with Crippen molar-refractivity contribution in [2.75, 3.05) is 0 Å². The fourth-order valence-electron chi connectivity index (χ4n) is 2.96. The van der Waals surface area contributed by atoms with Crippen molar-refractivity contribution in [3.8, 4) is 11.4 Å². The molecular formula is C15H18FN3O. The van der Waals surface area contributed by atoms with Gasteiger partial charge in [-0.15, -0.1) is 0 Å². The largest absolute Gasteiger partial charge is 0.337 e. The van der Waals surface area contributed by atoms with Crippen molar-refractivity contribution in [2.24, 2.45) is 11.7 Å². The summed E-state index contributed by atoms with van der Waals surface area (Å²) in [6.07, 6.45) is 3.88. The van der Waals surface area contributed by atoms with Gasteiger partial charge in [0.15, 0.2) is 0 Å². The zero-order valence-corrected chi connectivity index (χ0v) is 11.5. The third kappa shape index (κ3) is 2.33. The number of benzene rings is 1. The van der Waals surface area contributed by atoms with Crippen LogP contribution in [0.4, 0.5) is 4.39 Å². The molecule has 1 aromatic heterocycles. The maximum absolute atomic E-state index is 13.7. The highest BCUT2D eigenvalue weighted by molar-refractivity contribution is 5.54. The van der Waals surface area contributed by atoms with Gasteiger partial charge < -0.3 is 10.3 Å². The Labute approximate surface area is 117 Å². The topological polar surface area (TPSA) is 64.9 Å². The zero-order chi connectivity index (χ0) is 14.2. The molecule has 4 nitrogen and oxygen atoms in total. The van der Waals surface area contributed by atoms with E-state index in [1.54, 1.807) is 18.2 Å². The quantitative estimate of drug-likeness (QED) is 0.913. The van der Waals surface area contributed by atoms with Gasteiger partial charge >= 0.3 is 0 Å². The molecule has 106 valence electrons. The maximum atomic E-state index is 13.7. The Morgan fingerprint density at radius 2 is 2.20 bits per heavy atom. The van der Waals surface area contributed by atoms with Crippen LogP contribution in [0.25, 0.3) is 11.4 Å². The summed E-state index contributed by atoms with van der Waals surface area (Å²) in [7, 11) is 0. The van der Waals surface area contributed by atoms with Gasteiger partial charge in [0.1, 0.15) is 5.82 Å². The van der Waals surface area contributed by atoms with Crippen LogP contribution in [0.3, 0.4) is 0 Å². The minimum Gasteiger partial charge on any atom is -0.337 e. The van der Waals surface area contributed by atoms with Crippen LogP contribution in [-0.2, 0) is 5.54 Å². The predicted octanol–water partition coefficient (Wildman–Crippen LogP) is 3.24. The van der Waals surface area contributed by atoms with E-state index in [1.165, 1.54) is 12.5 Å². The molecule has 1 aliphatic rings. The first kappa shape index (κ1) is 13.2. The zero-order valence-electron chi connectivity index (χ0n) is 11.5. The van der Waals surface area contributed by atoms with Gasteiger partial charge in [0.05, 0.1) is 11.1 Å². The summed E-state index contributed by atoms with van der Waals surface area (Å²) in [6.45, 7) is 2.18. The number of rotatable bonds is 2. The lowest BCUT2D eigenvalue weighted by atomic mass is 9.77. The van der Waals surface area contributed by atoms with E-state index in [9.17, 15) is 4.39 Å². The molecule has 1 heterocycles. The molecule has 0 bridgehead atoms. The fourth-order valence-corrected chi connectivity index (χ4v) is 2.96. The molecule has 0 saturated heterocycles. The lowest BCUT2D eigenvalue weighted by molar-refractivity contribution is 0.183. The first-order valence-electron chi connectivity index (χ1n) is 6.96. The van der Waals surface area contributed by atoms with Crippen molar-refractivity contribution in [3.63, 3.8) is 0 Å². The molecule has 1 fully saturated rings. The molecule has 2 N–H and O–H groups in total. The Kier molecular flexibility index (Phi) is 3.30. The molecule has 1 saturated carbocycles. The van der Waals surface area contributed by atoms with Crippen LogP contribution in [-0.4, -0.2) is 10.1 Å². The van der Waals surface area contributed by atoms with Crippen LogP contribution in [0.1, 0.15) is 38.5 Å². The van der Waals surface area contributed by atoms with Crippen molar-refractivity contribution < 1.29 is 8.91 Å². The van der Waals surface area contributed by atoms with Crippen LogP contribution >= 0.6 is 0 Å². The SMILES string of the molecule is CC1CCCC(N)(c2nc(-c3ccccc3F)no2)C1. The van der Waals surface area contributed by atoms with E-state index in [0.717, 1.165) is 19.3 Å². The van der Waals surface area contributed by atoms with E-state index < -0.39 is 5.54 Å². The lowest BCUT2D eigenvalue weighted by Crippen LogP contribution is -2.41. The molecule has 0 radical (unpaired) electrons. The molecule has 3 rings (SSSR count). The lowest BCUT2D eigenvalue weighted by Gasteiger charge is -2.33. The summed E-state index contributed by atoms with van der Waals surface area (Å²) in [6, 6.07) is 6.39. The van der Waals surface area contributed by atoms with Gasteiger partial charge in [-0.3, -0.25) is 0 Å². The number of nitrogens with zero attached hydrogens (tertiary/aromatic N) is 2. The van der Waals surface area contributed by atoms with Crippen molar-refractivity contribution in [1.29, 1.82) is 0 Å². The van der Waals surface area contributed by atoms with E-state index in [0.29, 0.717) is 17.4 Å². The van der Waals surface area contributed by atoms with Crippen molar-refractivity contribution >= 4 is 0 Å². The van der Waals surface area contributed by atoms with Gasteiger partial charge in [-0.2, -0.15) is 4.98 Å². The minimum absolute atomic E-state index is 0.265. The van der Waals surface area contributed by atoms with Crippen LogP contribution in [0, 0.1) is 11.7 Å². The summed E-state index contributed by atoms with van der Waals surface area (Å²) in [5, 5.41) is 3.89. The van der Waals surface area contributed by atoms with Gasteiger partial charge in [-0.25, -0.2) is 4.39 Å². The fraction of sp³-hybridized carbons (Fsp3) is 0.467. The normalized spacial score (nSPS) is 26.6. The summed E-state index contributed by atoms with van der Waals surface area (Å²) in [5.41, 5.74) is 6.18. The maximum Gasteiger partial charge on any atom is 0.247 e. The van der Waals surface area contributed by atoms with Crippen LogP contribution < -0.4 is 5.73 Å². The van der Waals surface area contributed by atoms with E-state index in [1.807, 2.05) is 0 Å². The number of hydrogen-bond donors (Lipinski definition) is 1. The van der Waals surface area contributed by atoms with Gasteiger partial charge in [0.25, 0.3) is 0 Å². The van der Waals surface area contributed by atoms with Gasteiger partial charge in [0, 0.05) is 0 Å². The summed E-state index contributed by atoms with van der Waals surface area (Å²) in [5.74, 6) is 0.865. The Bertz CT molecular complexity index is 613. The van der Waals surface area contributed by atoms with Crippen molar-refractivity contribution in [3.05, 3.63) is 36.0 Å². The third-order valence-corrected chi connectivity index (χ3v) is 4.00. The molecule has 2 atom stereocenters. The molecule has 2 unspecified atom stereocenters. The second-order valence-electron chi connectivity index (χ2n) is 5.76. The standard InChI is InChI=1S/C15H18FN3O/c1-10-5-4-8-15(17,9-10)14-18-13(19-20-14)11-6-2-3-7-12(11)16/h2-3,6-7,10H,4-5,8-9,17H2,1H3. The highest BCUT2D eigenvalue weighted by Gasteiger charge is 2.38. The molecule has 20 heavy (non-hydrogen) atoms. The highest BCUT2D eigenvalue weighted by atomic mass is 19.1. The van der Waals surface area contributed by atoms with E-state index >= 15 is 0 Å². The highest BCUT2D eigenvalue weighted by Crippen LogP contribution is 2.37. The van der Waals surface area contributed by atoms with Crippen molar-refractivity contribution in [1.82, 2.24) is 10.1 Å². The summed E-state index contributed by atoms with van der Waals surface area (Å²) in [4.78, 5) is 4.33. The second-order valence-corrected chi connectivity index (χ2v) is 5.76. The van der Waals surface area contributed by atoms with E-state index in [2.05, 4.69) is 17.1 Å². The van der Waals surface area contributed by atoms with E-state index in [4.69, 9.17) is 10.3 Å². The molecule has 1 aromatic carbocycles. The minimum atomic E-state index is -0.575. The van der Waals surface area contributed by atoms with Crippen LogP contribution in [0.5, 0.6) is 0 Å². The predicted molar refractivity (Wildman–Crippen MR) is 73.2 cm³/mol. The second kappa shape index (κ2) is 4.98. The molecule has 2 aromatic rings. The first-order valence-corrected chi connectivity index (χ1v) is 6.96. The van der Waals surface area contributed by atoms with Gasteiger partial charge in [-0.1, -0.05) is 37.1 Å². The third-order valence-electron chi connectivity index (χ3n) is 4.00. The molecule has 1 aliphatic carbocycles. The first-order chi connectivity index (χ1) is 9.58. The van der Waals surface area contributed by atoms with Gasteiger partial charge in [-0.05, 0) is 30.9 Å². The Hall–Kier alpha value is -1.75. The molecular weight excluding hydrogens is 257 g/mol. The number of aromatic nitrogens is 2. The Balaban J connectivity index is 1.92. The molecule has 0 spiro atoms. The Morgan fingerprint density at radius 1 is 1.40 bits per heavy atom. The number of halogens is 1. The summed E-state index contributed by atoms with van der Waals surface area (Å²) >= 11 is 0. The number of hydrogen-bond acceptors (Lipinski definition) is 4. The van der Waals surface area contributed by atoms with Crippen LogP contribution in [0.15, 0.2) is 28.8 Å². The number of nitrogens with two attached hydrogens (primary N) is 1. The molecule has 5 heteroatoms. The average Bonchev–Trinajstić information content (AvgIpc) is 2.89. The smallest absolute Gasteiger partial charge is 0.247 e. The summed E-state index contributed by atoms with van der Waals surface area (Å²) < 4.78 is 19.0. The molecule has 0 aliphatic heterocycles. The Morgan fingerprint density at radius 3 is 2.95 bits per heavy atom. The van der Waals surface area contributed by atoms with E-state index in [-0.39, 0.29) is 11.6 Å². The van der Waals surface area contributed by atoms with Crippen LogP contribution in [0.2, 0.25) is 0 Å². The average molecular weight is 275 g/mol. The van der Waals surface area contributed by atoms with Crippen molar-refractivity contribution in [2.45, 2.75) is 38.1 Å². The molecule has 0 amide bonds. The van der Waals surface area contributed by atoms with Gasteiger partial charge in [0.2, 0.25) is 11.7 Å².